The van der Waals surface area contributed by atoms with Crippen LogP contribution in [0.5, 0.6) is 0 Å². The van der Waals surface area contributed by atoms with E-state index in [9.17, 15) is 19.2 Å². The number of hydrogen-bond donors (Lipinski definition) is 0. The molecule has 6 rings (SSSR count). The van der Waals surface area contributed by atoms with Crippen LogP contribution in [0.1, 0.15) is 37.5 Å². The van der Waals surface area contributed by atoms with Gasteiger partial charge in [0.15, 0.2) is 24.8 Å². The summed E-state index contributed by atoms with van der Waals surface area (Å²) in [5.41, 5.74) is 2.67. The number of ether oxygens (including phenoxy) is 10. The lowest BCUT2D eigenvalue weighted by Gasteiger charge is -2.48. The number of benzene rings is 3. The molecule has 3 aromatic carbocycles. The van der Waals surface area contributed by atoms with Crippen molar-refractivity contribution in [1.29, 1.82) is 0 Å². The molecular formula is C41H47NO14. The van der Waals surface area contributed by atoms with E-state index in [0.29, 0.717) is 0 Å². The van der Waals surface area contributed by atoms with E-state index >= 15 is 0 Å². The zero-order valence-corrected chi connectivity index (χ0v) is 31.6. The SMILES string of the molecule is CO[C@H]1O[C@H](COCc2ccccc2)[C@@H](O[C@H]2O[C@H](COC(C)=O)[C@@H](OC(C)=O)[C@@H]3OC(=O)N(C(C)=O)[C@@H]23)[C@H](OCc2ccccc2)[C@H]1OCc1ccccc1. The number of carbonyl (C=O) groups excluding carboxylic acids is 4. The van der Waals surface area contributed by atoms with Crippen molar-refractivity contribution in [2.24, 2.45) is 0 Å². The first-order valence-electron chi connectivity index (χ1n) is 18.4. The molecule has 300 valence electrons. The van der Waals surface area contributed by atoms with Gasteiger partial charge in [-0.25, -0.2) is 9.69 Å². The number of hydrogen-bond acceptors (Lipinski definition) is 14. The van der Waals surface area contributed by atoms with Crippen LogP contribution >= 0.6 is 0 Å². The van der Waals surface area contributed by atoms with E-state index in [1.54, 1.807) is 0 Å². The molecule has 15 heteroatoms. The van der Waals surface area contributed by atoms with Gasteiger partial charge >= 0.3 is 18.0 Å². The maximum Gasteiger partial charge on any atom is 0.417 e. The monoisotopic (exact) mass is 777 g/mol. The fourth-order valence-corrected chi connectivity index (χ4v) is 7.00. The third kappa shape index (κ3) is 10.2. The average Bonchev–Trinajstić information content (AvgIpc) is 3.55. The summed E-state index contributed by atoms with van der Waals surface area (Å²) in [6.07, 6.45) is -10.9. The molecule has 3 aromatic rings. The van der Waals surface area contributed by atoms with Gasteiger partial charge in [0.05, 0.1) is 26.4 Å². The Morgan fingerprint density at radius 3 is 1.71 bits per heavy atom. The van der Waals surface area contributed by atoms with E-state index < -0.39 is 85.3 Å². The molecule has 2 amide bonds. The maximum absolute atomic E-state index is 13.3. The van der Waals surface area contributed by atoms with Crippen LogP contribution in [0.4, 0.5) is 4.79 Å². The summed E-state index contributed by atoms with van der Waals surface area (Å²) < 4.78 is 61.7. The van der Waals surface area contributed by atoms with Gasteiger partial charge in [0.25, 0.3) is 0 Å². The summed E-state index contributed by atoms with van der Waals surface area (Å²) in [5, 5.41) is 0. The van der Waals surface area contributed by atoms with Crippen LogP contribution < -0.4 is 0 Å². The van der Waals surface area contributed by atoms with Crippen LogP contribution in [0.25, 0.3) is 0 Å². The number of imide groups is 1. The standard InChI is InChI=1S/C41H47NO14/c1-25(43)42-33-36(56-41(42)46)34(52-27(3)45)32(24-49-26(2)44)53-39(33)55-35-31(23-48-20-28-14-8-5-9-15-28)54-40(47-4)38(51-22-30-18-12-7-13-19-30)37(35)50-21-29-16-10-6-11-17-29/h5-19,31-40H,20-24H2,1-4H3/t31-,32-,33-,34-,35-,36-,37+,38-,39-,40+/m1/s1. The Kier molecular flexibility index (Phi) is 14.2. The Morgan fingerprint density at radius 2 is 1.18 bits per heavy atom. The summed E-state index contributed by atoms with van der Waals surface area (Å²) in [5.74, 6) is -2.00. The molecule has 10 atom stereocenters. The minimum atomic E-state index is -1.44. The highest BCUT2D eigenvalue weighted by molar-refractivity contribution is 5.92. The fraction of sp³-hybridized carbons (Fsp3) is 0.463. The molecule has 0 aliphatic carbocycles. The lowest BCUT2D eigenvalue weighted by molar-refractivity contribution is -0.356. The van der Waals surface area contributed by atoms with Gasteiger partial charge < -0.3 is 47.4 Å². The Morgan fingerprint density at radius 1 is 0.643 bits per heavy atom. The van der Waals surface area contributed by atoms with Crippen molar-refractivity contribution >= 4 is 23.9 Å². The second-order valence-electron chi connectivity index (χ2n) is 13.6. The number of rotatable bonds is 16. The van der Waals surface area contributed by atoms with Crippen LogP contribution in [-0.2, 0) is 81.6 Å². The lowest BCUT2D eigenvalue weighted by Crippen LogP contribution is -2.67. The van der Waals surface area contributed by atoms with Gasteiger partial charge in [-0.05, 0) is 16.7 Å². The van der Waals surface area contributed by atoms with Gasteiger partial charge in [0, 0.05) is 27.9 Å². The molecule has 0 aromatic heterocycles. The first kappa shape index (κ1) is 40.9. The van der Waals surface area contributed by atoms with Crippen molar-refractivity contribution in [2.75, 3.05) is 20.3 Å². The zero-order chi connectivity index (χ0) is 39.6. The summed E-state index contributed by atoms with van der Waals surface area (Å²) >= 11 is 0. The molecule has 0 radical (unpaired) electrons. The van der Waals surface area contributed by atoms with Crippen LogP contribution in [0.2, 0.25) is 0 Å². The van der Waals surface area contributed by atoms with Crippen LogP contribution in [0.15, 0.2) is 91.0 Å². The maximum atomic E-state index is 13.3. The third-order valence-corrected chi connectivity index (χ3v) is 9.52. The van der Waals surface area contributed by atoms with E-state index in [0.717, 1.165) is 21.6 Å². The van der Waals surface area contributed by atoms with Gasteiger partial charge in [-0.1, -0.05) is 91.0 Å². The highest BCUT2D eigenvalue weighted by Gasteiger charge is 2.61. The number of methoxy groups -OCH3 is 1. The number of nitrogens with zero attached hydrogens (tertiary/aromatic N) is 1. The zero-order valence-electron chi connectivity index (χ0n) is 31.6. The second-order valence-corrected chi connectivity index (χ2v) is 13.6. The first-order chi connectivity index (χ1) is 27.1. The number of amides is 2. The Bertz CT molecular complexity index is 1750. The topological polar surface area (TPSA) is 164 Å². The van der Waals surface area contributed by atoms with Crippen LogP contribution in [-0.4, -0.2) is 111 Å². The lowest BCUT2D eigenvalue weighted by atomic mass is 9.94. The summed E-state index contributed by atoms with van der Waals surface area (Å²) in [4.78, 5) is 51.4. The van der Waals surface area contributed by atoms with Gasteiger partial charge in [-0.15, -0.1) is 0 Å². The predicted molar refractivity (Wildman–Crippen MR) is 194 cm³/mol. The molecule has 0 saturated carbocycles. The van der Waals surface area contributed by atoms with Crippen molar-refractivity contribution in [2.45, 2.75) is 102 Å². The molecule has 0 bridgehead atoms. The average molecular weight is 778 g/mol. The largest absolute Gasteiger partial charge is 0.463 e. The smallest absolute Gasteiger partial charge is 0.417 e. The molecule has 0 N–H and O–H groups in total. The van der Waals surface area contributed by atoms with E-state index in [1.165, 1.54) is 27.9 Å². The Balaban J connectivity index is 1.38. The third-order valence-electron chi connectivity index (χ3n) is 9.52. The minimum absolute atomic E-state index is 0.0182. The molecule has 0 spiro atoms. The highest BCUT2D eigenvalue weighted by atomic mass is 16.8. The van der Waals surface area contributed by atoms with E-state index in [4.69, 9.17) is 47.4 Å². The summed E-state index contributed by atoms with van der Waals surface area (Å²) in [6.45, 7) is 3.72. The molecule has 3 aliphatic heterocycles. The number of fused-ring (bicyclic) bond motifs is 1. The van der Waals surface area contributed by atoms with Crippen LogP contribution in [0.3, 0.4) is 0 Å². The van der Waals surface area contributed by atoms with E-state index in [-0.39, 0.29) is 33.0 Å². The van der Waals surface area contributed by atoms with Crippen molar-refractivity contribution in [1.82, 2.24) is 4.90 Å². The Hall–Kier alpha value is -4.74. The minimum Gasteiger partial charge on any atom is -0.463 e. The quantitative estimate of drug-likeness (QED) is 0.151. The molecule has 0 unspecified atom stereocenters. The molecule has 56 heavy (non-hydrogen) atoms. The van der Waals surface area contributed by atoms with Gasteiger partial charge in [-0.3, -0.25) is 14.4 Å². The molecule has 15 nitrogen and oxygen atoms in total. The van der Waals surface area contributed by atoms with E-state index in [2.05, 4.69) is 0 Å². The van der Waals surface area contributed by atoms with Crippen molar-refractivity contribution in [3.8, 4) is 0 Å². The van der Waals surface area contributed by atoms with Gasteiger partial charge in [0.2, 0.25) is 5.91 Å². The number of esters is 2. The fourth-order valence-electron chi connectivity index (χ4n) is 7.00. The Labute approximate surface area is 324 Å². The van der Waals surface area contributed by atoms with Crippen LogP contribution in [0, 0.1) is 0 Å². The van der Waals surface area contributed by atoms with E-state index in [1.807, 2.05) is 91.0 Å². The molecular weight excluding hydrogens is 730 g/mol. The molecule has 3 heterocycles. The first-order valence-corrected chi connectivity index (χ1v) is 18.4. The van der Waals surface area contributed by atoms with Crippen molar-refractivity contribution in [3.05, 3.63) is 108 Å². The molecule has 3 saturated heterocycles. The molecule has 3 aliphatic rings. The van der Waals surface area contributed by atoms with Gasteiger partial charge in [0.1, 0.15) is 43.2 Å². The second kappa shape index (κ2) is 19.4. The van der Waals surface area contributed by atoms with Crippen molar-refractivity contribution in [3.63, 3.8) is 0 Å². The molecule has 3 fully saturated rings. The summed E-state index contributed by atoms with van der Waals surface area (Å²) in [6, 6.07) is 27.4. The highest BCUT2D eigenvalue weighted by Crippen LogP contribution is 2.39. The predicted octanol–water partition coefficient (Wildman–Crippen LogP) is 4.09. The summed E-state index contributed by atoms with van der Waals surface area (Å²) in [7, 11) is 1.50. The normalized spacial score (nSPS) is 28.6. The van der Waals surface area contributed by atoms with Crippen molar-refractivity contribution < 1.29 is 66.5 Å². The van der Waals surface area contributed by atoms with Gasteiger partial charge in [-0.2, -0.15) is 0 Å². The number of carbonyl (C=O) groups is 4.